The van der Waals surface area contributed by atoms with Crippen LogP contribution in [0.1, 0.15) is 20.3 Å². The molecule has 3 atom stereocenters. The van der Waals surface area contributed by atoms with Crippen LogP contribution < -0.4 is 5.32 Å². The van der Waals surface area contributed by atoms with Crippen molar-refractivity contribution < 1.29 is 14.6 Å². The van der Waals surface area contributed by atoms with Crippen LogP contribution in [0.15, 0.2) is 0 Å². The molecule has 1 aliphatic heterocycles. The number of aliphatic carboxylic acids is 1. The molecular formula is C9H17NO3. The summed E-state index contributed by atoms with van der Waals surface area (Å²) in [6, 6.07) is 0.321. The van der Waals surface area contributed by atoms with Gasteiger partial charge in [-0.15, -0.1) is 0 Å². The first-order chi connectivity index (χ1) is 6.11. The Labute approximate surface area is 78.3 Å². The van der Waals surface area contributed by atoms with Gasteiger partial charge in [0.1, 0.15) is 0 Å². The fourth-order valence-corrected chi connectivity index (χ4v) is 1.42. The van der Waals surface area contributed by atoms with Gasteiger partial charge < -0.3 is 15.2 Å². The number of carboxylic acid groups (broad SMARTS) is 1. The highest BCUT2D eigenvalue weighted by Gasteiger charge is 2.24. The van der Waals surface area contributed by atoms with Crippen molar-refractivity contribution in [2.45, 2.75) is 32.4 Å². The molecule has 2 N–H and O–H groups in total. The van der Waals surface area contributed by atoms with Gasteiger partial charge in [0.15, 0.2) is 0 Å². The lowest BCUT2D eigenvalue weighted by molar-refractivity contribution is -0.141. The Morgan fingerprint density at radius 2 is 2.46 bits per heavy atom. The first-order valence-electron chi connectivity index (χ1n) is 4.69. The van der Waals surface area contributed by atoms with Crippen LogP contribution in [0.5, 0.6) is 0 Å². The molecule has 0 aromatic rings. The molecule has 13 heavy (non-hydrogen) atoms. The molecule has 0 aromatic heterocycles. The fraction of sp³-hybridized carbons (Fsp3) is 0.889. The maximum Gasteiger partial charge on any atom is 0.307 e. The van der Waals surface area contributed by atoms with Crippen molar-refractivity contribution in [2.24, 2.45) is 5.92 Å². The fourth-order valence-electron chi connectivity index (χ4n) is 1.42. The lowest BCUT2D eigenvalue weighted by Crippen LogP contribution is -2.38. The summed E-state index contributed by atoms with van der Waals surface area (Å²) >= 11 is 0. The Hall–Kier alpha value is -0.610. The van der Waals surface area contributed by atoms with E-state index >= 15 is 0 Å². The van der Waals surface area contributed by atoms with E-state index < -0.39 is 5.97 Å². The molecular weight excluding hydrogens is 170 g/mol. The third kappa shape index (κ3) is 2.97. The Bertz CT molecular complexity index is 184. The zero-order valence-electron chi connectivity index (χ0n) is 8.12. The quantitative estimate of drug-likeness (QED) is 0.672. The van der Waals surface area contributed by atoms with E-state index in [9.17, 15) is 4.79 Å². The van der Waals surface area contributed by atoms with Gasteiger partial charge in [-0.25, -0.2) is 0 Å². The molecule has 0 aliphatic carbocycles. The molecule has 1 fully saturated rings. The van der Waals surface area contributed by atoms with E-state index in [1.165, 1.54) is 0 Å². The summed E-state index contributed by atoms with van der Waals surface area (Å²) < 4.78 is 5.35. The Morgan fingerprint density at radius 1 is 1.77 bits per heavy atom. The van der Waals surface area contributed by atoms with Crippen molar-refractivity contribution in [3.63, 3.8) is 0 Å². The summed E-state index contributed by atoms with van der Waals surface area (Å²) in [5.41, 5.74) is 0. The standard InChI is InChI=1S/C9H17NO3/c1-6(9(11)12)5-10-8-3-4-13-7(8)2/h6-8,10H,3-5H2,1-2H3,(H,11,12). The van der Waals surface area contributed by atoms with Gasteiger partial charge >= 0.3 is 5.97 Å². The largest absolute Gasteiger partial charge is 0.481 e. The zero-order chi connectivity index (χ0) is 9.84. The normalized spacial score (nSPS) is 30.3. The molecule has 1 saturated heterocycles. The van der Waals surface area contributed by atoms with Crippen LogP contribution in [-0.2, 0) is 9.53 Å². The number of carboxylic acids is 1. The summed E-state index contributed by atoms with van der Waals surface area (Å²) in [6.45, 7) is 5.01. The molecule has 1 aliphatic rings. The molecule has 76 valence electrons. The molecule has 1 rings (SSSR count). The second kappa shape index (κ2) is 4.58. The maximum absolute atomic E-state index is 10.5. The zero-order valence-corrected chi connectivity index (χ0v) is 8.12. The van der Waals surface area contributed by atoms with E-state index in [1.54, 1.807) is 6.92 Å². The molecule has 0 aromatic carbocycles. The van der Waals surface area contributed by atoms with E-state index in [1.807, 2.05) is 6.92 Å². The monoisotopic (exact) mass is 187 g/mol. The van der Waals surface area contributed by atoms with E-state index in [0.717, 1.165) is 13.0 Å². The summed E-state index contributed by atoms with van der Waals surface area (Å²) in [5.74, 6) is -1.08. The SMILES string of the molecule is CC(CNC1CCOC1C)C(=O)O. The number of ether oxygens (including phenoxy) is 1. The minimum atomic E-state index is -0.751. The van der Waals surface area contributed by atoms with Gasteiger partial charge in [0.05, 0.1) is 12.0 Å². The summed E-state index contributed by atoms with van der Waals surface area (Å²) in [7, 11) is 0. The van der Waals surface area contributed by atoms with Crippen LogP contribution in [0.2, 0.25) is 0 Å². The van der Waals surface area contributed by atoms with Crippen LogP contribution in [0.4, 0.5) is 0 Å². The van der Waals surface area contributed by atoms with Crippen molar-refractivity contribution >= 4 is 5.97 Å². The molecule has 0 radical (unpaired) electrons. The summed E-state index contributed by atoms with van der Waals surface area (Å²) in [5, 5.41) is 11.9. The van der Waals surface area contributed by atoms with Crippen molar-refractivity contribution in [2.75, 3.05) is 13.2 Å². The lowest BCUT2D eigenvalue weighted by atomic mass is 10.1. The summed E-state index contributed by atoms with van der Waals surface area (Å²) in [6.07, 6.45) is 1.19. The third-order valence-electron chi connectivity index (χ3n) is 2.48. The average molecular weight is 187 g/mol. The maximum atomic E-state index is 10.5. The minimum absolute atomic E-state index is 0.209. The van der Waals surface area contributed by atoms with Crippen molar-refractivity contribution in [1.82, 2.24) is 5.32 Å². The molecule has 3 unspecified atom stereocenters. The van der Waals surface area contributed by atoms with Crippen LogP contribution in [0.25, 0.3) is 0 Å². The van der Waals surface area contributed by atoms with Gasteiger partial charge in [0, 0.05) is 19.2 Å². The van der Waals surface area contributed by atoms with E-state index in [0.29, 0.717) is 12.6 Å². The predicted octanol–water partition coefficient (Wildman–Crippen LogP) is 0.474. The number of rotatable bonds is 4. The third-order valence-corrected chi connectivity index (χ3v) is 2.48. The van der Waals surface area contributed by atoms with Crippen LogP contribution >= 0.6 is 0 Å². The lowest BCUT2D eigenvalue weighted by Gasteiger charge is -2.17. The Balaban J connectivity index is 2.22. The minimum Gasteiger partial charge on any atom is -0.481 e. The van der Waals surface area contributed by atoms with Gasteiger partial charge in [-0.1, -0.05) is 6.92 Å². The number of nitrogens with one attached hydrogen (secondary N) is 1. The van der Waals surface area contributed by atoms with Crippen molar-refractivity contribution in [3.8, 4) is 0 Å². The van der Waals surface area contributed by atoms with Gasteiger partial charge in [0.25, 0.3) is 0 Å². The molecule has 4 heteroatoms. The summed E-state index contributed by atoms with van der Waals surface area (Å²) in [4.78, 5) is 10.5. The first kappa shape index (κ1) is 10.5. The second-order valence-corrected chi connectivity index (χ2v) is 3.62. The van der Waals surface area contributed by atoms with Gasteiger partial charge in [-0.3, -0.25) is 4.79 Å². The first-order valence-corrected chi connectivity index (χ1v) is 4.69. The van der Waals surface area contributed by atoms with Crippen molar-refractivity contribution in [3.05, 3.63) is 0 Å². The number of hydrogen-bond acceptors (Lipinski definition) is 3. The average Bonchev–Trinajstić information content (AvgIpc) is 2.47. The van der Waals surface area contributed by atoms with Crippen LogP contribution in [0, 0.1) is 5.92 Å². The Morgan fingerprint density at radius 3 is 2.92 bits per heavy atom. The van der Waals surface area contributed by atoms with Crippen molar-refractivity contribution in [1.29, 1.82) is 0 Å². The second-order valence-electron chi connectivity index (χ2n) is 3.62. The Kier molecular flexibility index (Phi) is 3.69. The van der Waals surface area contributed by atoms with Crippen LogP contribution in [-0.4, -0.2) is 36.4 Å². The smallest absolute Gasteiger partial charge is 0.307 e. The van der Waals surface area contributed by atoms with E-state index in [-0.39, 0.29) is 12.0 Å². The molecule has 0 bridgehead atoms. The topological polar surface area (TPSA) is 58.6 Å². The number of carbonyl (C=O) groups is 1. The molecule has 4 nitrogen and oxygen atoms in total. The molecule has 0 spiro atoms. The molecule has 0 saturated carbocycles. The van der Waals surface area contributed by atoms with Gasteiger partial charge in [-0.2, -0.15) is 0 Å². The highest BCUT2D eigenvalue weighted by Crippen LogP contribution is 2.12. The number of hydrogen-bond donors (Lipinski definition) is 2. The highest BCUT2D eigenvalue weighted by atomic mass is 16.5. The molecule has 1 heterocycles. The van der Waals surface area contributed by atoms with Gasteiger partial charge in [-0.05, 0) is 13.3 Å². The van der Waals surface area contributed by atoms with E-state index in [4.69, 9.17) is 9.84 Å². The molecule has 0 amide bonds. The predicted molar refractivity (Wildman–Crippen MR) is 48.6 cm³/mol. The highest BCUT2D eigenvalue weighted by molar-refractivity contribution is 5.69. The van der Waals surface area contributed by atoms with E-state index in [2.05, 4.69) is 5.32 Å². The van der Waals surface area contributed by atoms with Crippen LogP contribution in [0.3, 0.4) is 0 Å². The van der Waals surface area contributed by atoms with Gasteiger partial charge in [0.2, 0.25) is 0 Å².